The first-order valence-electron chi connectivity index (χ1n) is 10.6. The molecule has 9 heteroatoms. The van der Waals surface area contributed by atoms with Crippen LogP contribution in [0.1, 0.15) is 11.1 Å². The summed E-state index contributed by atoms with van der Waals surface area (Å²) >= 11 is 0. The Morgan fingerprint density at radius 1 is 0.912 bits per heavy atom. The van der Waals surface area contributed by atoms with Crippen molar-refractivity contribution in [2.45, 2.75) is 17.9 Å². The van der Waals surface area contributed by atoms with Crippen LogP contribution in [0.3, 0.4) is 0 Å². The minimum Gasteiger partial charge on any atom is -0.493 e. The Morgan fingerprint density at radius 2 is 1.59 bits per heavy atom. The fourth-order valence-electron chi connectivity index (χ4n) is 3.37. The minimum atomic E-state index is -4.03. The quantitative estimate of drug-likeness (QED) is 0.449. The average Bonchev–Trinajstić information content (AvgIpc) is 2.84. The normalized spacial score (nSPS) is 11.3. The van der Waals surface area contributed by atoms with E-state index in [1.54, 1.807) is 44.6 Å². The zero-order valence-corrected chi connectivity index (χ0v) is 19.8. The standard InChI is InChI=1S/C25H27FN2O5S/c1-32-23-13-8-19(16-24(23)33-2)14-15-27-25(29)18-28(17-20-6-4-3-5-7-20)34(30,31)22-11-9-21(26)10-12-22/h3-13,16H,14-15,17-18H2,1-2H3,(H,27,29). The lowest BCUT2D eigenvalue weighted by atomic mass is 10.1. The Kier molecular flexibility index (Phi) is 8.61. The van der Waals surface area contributed by atoms with Crippen LogP contribution in [0.2, 0.25) is 0 Å². The van der Waals surface area contributed by atoms with Gasteiger partial charge in [-0.05, 0) is 53.9 Å². The molecule has 0 heterocycles. The molecular weight excluding hydrogens is 459 g/mol. The van der Waals surface area contributed by atoms with Crippen LogP contribution in [0, 0.1) is 5.82 Å². The fourth-order valence-corrected chi connectivity index (χ4v) is 4.75. The molecule has 3 rings (SSSR count). The van der Waals surface area contributed by atoms with E-state index >= 15 is 0 Å². The molecule has 0 aliphatic carbocycles. The Labute approximate surface area is 199 Å². The van der Waals surface area contributed by atoms with E-state index in [-0.39, 0.29) is 18.0 Å². The van der Waals surface area contributed by atoms with E-state index in [4.69, 9.17) is 9.47 Å². The highest BCUT2D eigenvalue weighted by atomic mass is 32.2. The maximum atomic E-state index is 13.3. The molecule has 180 valence electrons. The maximum absolute atomic E-state index is 13.3. The van der Waals surface area contributed by atoms with Crippen LogP contribution in [-0.2, 0) is 27.8 Å². The monoisotopic (exact) mass is 486 g/mol. The number of amides is 1. The Balaban J connectivity index is 1.69. The van der Waals surface area contributed by atoms with Crippen molar-refractivity contribution in [3.8, 4) is 11.5 Å². The Bertz CT molecular complexity index is 1200. The van der Waals surface area contributed by atoms with Gasteiger partial charge in [-0.1, -0.05) is 36.4 Å². The lowest BCUT2D eigenvalue weighted by molar-refractivity contribution is -0.121. The minimum absolute atomic E-state index is 0.00362. The van der Waals surface area contributed by atoms with Gasteiger partial charge in [-0.2, -0.15) is 4.31 Å². The van der Waals surface area contributed by atoms with Crippen LogP contribution in [0.15, 0.2) is 77.7 Å². The largest absolute Gasteiger partial charge is 0.493 e. The second-order valence-electron chi connectivity index (χ2n) is 7.50. The molecule has 3 aromatic rings. The van der Waals surface area contributed by atoms with Gasteiger partial charge in [0.05, 0.1) is 25.7 Å². The van der Waals surface area contributed by atoms with Crippen LogP contribution in [0.5, 0.6) is 11.5 Å². The van der Waals surface area contributed by atoms with Crippen LogP contribution in [0.4, 0.5) is 4.39 Å². The van der Waals surface area contributed by atoms with Crippen molar-refractivity contribution >= 4 is 15.9 Å². The Morgan fingerprint density at radius 3 is 2.24 bits per heavy atom. The zero-order valence-electron chi connectivity index (χ0n) is 19.0. The predicted octanol–water partition coefficient (Wildman–Crippen LogP) is 3.39. The number of carbonyl (C=O) groups is 1. The summed E-state index contributed by atoms with van der Waals surface area (Å²) in [6, 6.07) is 19.0. The molecule has 0 bridgehead atoms. The number of nitrogens with zero attached hydrogens (tertiary/aromatic N) is 1. The first kappa shape index (κ1) is 25.2. The van der Waals surface area contributed by atoms with Crippen LogP contribution in [-0.4, -0.2) is 45.9 Å². The van der Waals surface area contributed by atoms with Gasteiger partial charge in [-0.15, -0.1) is 0 Å². The molecule has 0 spiro atoms. The number of ether oxygens (including phenoxy) is 2. The number of benzene rings is 3. The summed E-state index contributed by atoms with van der Waals surface area (Å²) in [5, 5.41) is 2.77. The topological polar surface area (TPSA) is 84.9 Å². The van der Waals surface area contributed by atoms with Gasteiger partial charge >= 0.3 is 0 Å². The van der Waals surface area contributed by atoms with Gasteiger partial charge in [0.1, 0.15) is 5.82 Å². The first-order chi connectivity index (χ1) is 16.3. The van der Waals surface area contributed by atoms with Gasteiger partial charge in [0, 0.05) is 13.1 Å². The third-order valence-corrected chi connectivity index (χ3v) is 6.96. The highest BCUT2D eigenvalue weighted by molar-refractivity contribution is 7.89. The molecule has 0 atom stereocenters. The molecule has 0 aliphatic rings. The molecule has 1 amide bonds. The summed E-state index contributed by atoms with van der Waals surface area (Å²) in [5.41, 5.74) is 1.66. The number of sulfonamides is 1. The van der Waals surface area contributed by atoms with Crippen molar-refractivity contribution in [2.75, 3.05) is 27.3 Å². The Hall–Kier alpha value is -3.43. The summed E-state index contributed by atoms with van der Waals surface area (Å²) in [4.78, 5) is 12.6. The fraction of sp³-hybridized carbons (Fsp3) is 0.240. The van der Waals surface area contributed by atoms with Crippen molar-refractivity contribution in [2.24, 2.45) is 0 Å². The van der Waals surface area contributed by atoms with Crippen molar-refractivity contribution in [3.05, 3.63) is 89.7 Å². The molecule has 1 N–H and O–H groups in total. The third kappa shape index (κ3) is 6.55. The lowest BCUT2D eigenvalue weighted by Crippen LogP contribution is -2.40. The highest BCUT2D eigenvalue weighted by Crippen LogP contribution is 2.27. The number of nitrogens with one attached hydrogen (secondary N) is 1. The maximum Gasteiger partial charge on any atom is 0.243 e. The van der Waals surface area contributed by atoms with Crippen LogP contribution in [0.25, 0.3) is 0 Å². The van der Waals surface area contributed by atoms with E-state index < -0.39 is 21.7 Å². The van der Waals surface area contributed by atoms with E-state index in [1.807, 2.05) is 18.2 Å². The van der Waals surface area contributed by atoms with Gasteiger partial charge in [0.2, 0.25) is 15.9 Å². The van der Waals surface area contributed by atoms with Crippen LogP contribution < -0.4 is 14.8 Å². The molecule has 34 heavy (non-hydrogen) atoms. The van der Waals surface area contributed by atoms with Crippen molar-refractivity contribution in [1.29, 1.82) is 0 Å². The summed E-state index contributed by atoms with van der Waals surface area (Å²) in [6.07, 6.45) is 0.523. The molecule has 0 saturated carbocycles. The number of hydrogen-bond acceptors (Lipinski definition) is 5. The smallest absolute Gasteiger partial charge is 0.243 e. The van der Waals surface area contributed by atoms with Gasteiger partial charge in [0.25, 0.3) is 0 Å². The van der Waals surface area contributed by atoms with Gasteiger partial charge in [-0.3, -0.25) is 4.79 Å². The molecular formula is C25H27FN2O5S. The van der Waals surface area contributed by atoms with Crippen molar-refractivity contribution in [1.82, 2.24) is 9.62 Å². The molecule has 0 radical (unpaired) electrons. The van der Waals surface area contributed by atoms with Gasteiger partial charge < -0.3 is 14.8 Å². The lowest BCUT2D eigenvalue weighted by Gasteiger charge is -2.22. The van der Waals surface area contributed by atoms with E-state index in [0.29, 0.717) is 24.5 Å². The SMILES string of the molecule is COc1ccc(CCNC(=O)CN(Cc2ccccc2)S(=O)(=O)c2ccc(F)cc2)cc1OC. The van der Waals surface area contributed by atoms with Gasteiger partial charge in [-0.25, -0.2) is 12.8 Å². The second kappa shape index (κ2) is 11.6. The van der Waals surface area contributed by atoms with Gasteiger partial charge in [0.15, 0.2) is 11.5 Å². The number of halogens is 1. The predicted molar refractivity (Wildman–Crippen MR) is 127 cm³/mol. The van der Waals surface area contributed by atoms with E-state index in [9.17, 15) is 17.6 Å². The first-order valence-corrected chi connectivity index (χ1v) is 12.0. The van der Waals surface area contributed by atoms with E-state index in [2.05, 4.69) is 5.32 Å². The zero-order chi connectivity index (χ0) is 24.6. The molecule has 0 aromatic heterocycles. The summed E-state index contributed by atoms with van der Waals surface area (Å²) in [5.74, 6) is 0.215. The van der Waals surface area contributed by atoms with E-state index in [0.717, 1.165) is 27.6 Å². The highest BCUT2D eigenvalue weighted by Gasteiger charge is 2.27. The molecule has 7 nitrogen and oxygen atoms in total. The number of rotatable bonds is 11. The summed E-state index contributed by atoms with van der Waals surface area (Å²) in [6.45, 7) is -0.0612. The number of hydrogen-bond donors (Lipinski definition) is 1. The molecule has 0 aliphatic heterocycles. The molecule has 0 unspecified atom stereocenters. The summed E-state index contributed by atoms with van der Waals surface area (Å²) < 4.78 is 51.3. The van der Waals surface area contributed by atoms with Crippen molar-refractivity contribution in [3.63, 3.8) is 0 Å². The summed E-state index contributed by atoms with van der Waals surface area (Å²) in [7, 11) is -0.927. The number of methoxy groups -OCH3 is 2. The average molecular weight is 487 g/mol. The van der Waals surface area contributed by atoms with Crippen molar-refractivity contribution < 1.29 is 27.1 Å². The molecule has 3 aromatic carbocycles. The second-order valence-corrected chi connectivity index (χ2v) is 9.44. The molecule has 0 saturated heterocycles. The molecule has 0 fully saturated rings. The van der Waals surface area contributed by atoms with E-state index in [1.165, 1.54) is 12.1 Å². The van der Waals surface area contributed by atoms with Crippen LogP contribution >= 0.6 is 0 Å². The number of carbonyl (C=O) groups excluding carboxylic acids is 1. The third-order valence-electron chi connectivity index (χ3n) is 5.16.